The van der Waals surface area contributed by atoms with Gasteiger partial charge in [-0.05, 0) is 39.2 Å². The van der Waals surface area contributed by atoms with Crippen LogP contribution in [0.15, 0.2) is 35.3 Å². The Kier molecular flexibility index (Phi) is 6.34. The third-order valence-electron chi connectivity index (χ3n) is 6.05. The molecular weight excluding hydrogens is 374 g/mol. The molecule has 0 spiro atoms. The monoisotopic (exact) mass is 407 g/mol. The molecule has 6 nitrogen and oxygen atoms in total. The van der Waals surface area contributed by atoms with Gasteiger partial charge in [0.05, 0.1) is 17.0 Å². The van der Waals surface area contributed by atoms with E-state index in [9.17, 15) is 8.42 Å². The van der Waals surface area contributed by atoms with Crippen molar-refractivity contribution in [2.24, 2.45) is 4.99 Å². The van der Waals surface area contributed by atoms with Gasteiger partial charge in [-0.1, -0.05) is 30.3 Å². The smallest absolute Gasteiger partial charge is 0.194 e. The molecule has 2 saturated heterocycles. The first-order chi connectivity index (χ1) is 13.3. The molecule has 0 unspecified atom stereocenters. The predicted octanol–water partition coefficient (Wildman–Crippen LogP) is 2.21. The van der Waals surface area contributed by atoms with Crippen LogP contribution in [0, 0.1) is 0 Å². The molecule has 1 N–H and O–H groups in total. The van der Waals surface area contributed by atoms with E-state index >= 15 is 0 Å². The van der Waals surface area contributed by atoms with Gasteiger partial charge in [0.15, 0.2) is 15.8 Å². The summed E-state index contributed by atoms with van der Waals surface area (Å²) in [5, 5.41) is 3.38. The highest BCUT2D eigenvalue weighted by Crippen LogP contribution is 2.35. The fourth-order valence-corrected chi connectivity index (χ4v) is 5.43. The van der Waals surface area contributed by atoms with E-state index in [1.807, 2.05) is 26.8 Å². The van der Waals surface area contributed by atoms with Gasteiger partial charge in [0.25, 0.3) is 0 Å². The van der Waals surface area contributed by atoms with Gasteiger partial charge in [0.2, 0.25) is 0 Å². The molecule has 0 saturated carbocycles. The Balaban J connectivity index is 1.85. The Morgan fingerprint density at radius 3 is 2.50 bits per heavy atom. The van der Waals surface area contributed by atoms with Crippen molar-refractivity contribution in [2.45, 2.75) is 43.8 Å². The summed E-state index contributed by atoms with van der Waals surface area (Å²) >= 11 is 0. The molecule has 3 rings (SSSR count). The van der Waals surface area contributed by atoms with Gasteiger partial charge in [0, 0.05) is 38.3 Å². The van der Waals surface area contributed by atoms with Crippen LogP contribution in [0.3, 0.4) is 0 Å². The van der Waals surface area contributed by atoms with Crippen molar-refractivity contribution in [3.8, 4) is 0 Å². The molecule has 156 valence electrons. The minimum atomic E-state index is -3.07. The van der Waals surface area contributed by atoms with Crippen LogP contribution >= 0.6 is 0 Å². The van der Waals surface area contributed by atoms with Crippen molar-refractivity contribution in [3.05, 3.63) is 35.9 Å². The number of ether oxygens (including phenoxy) is 1. The summed E-state index contributed by atoms with van der Waals surface area (Å²) in [7, 11) is -3.07. The highest BCUT2D eigenvalue weighted by Gasteiger charge is 2.41. The van der Waals surface area contributed by atoms with Crippen LogP contribution in [0.25, 0.3) is 0 Å². The van der Waals surface area contributed by atoms with E-state index in [4.69, 9.17) is 9.73 Å². The van der Waals surface area contributed by atoms with Crippen LogP contribution in [0.1, 0.15) is 39.2 Å². The Morgan fingerprint density at radius 1 is 1.21 bits per heavy atom. The summed E-state index contributed by atoms with van der Waals surface area (Å²) in [6, 6.07) is 10.6. The van der Waals surface area contributed by atoms with Crippen molar-refractivity contribution in [1.29, 1.82) is 0 Å². The first kappa shape index (κ1) is 21.1. The lowest BCUT2D eigenvalue weighted by atomic mass is 9.74. The third-order valence-corrected chi connectivity index (χ3v) is 8.58. The van der Waals surface area contributed by atoms with E-state index in [1.165, 1.54) is 5.56 Å². The molecule has 0 amide bonds. The van der Waals surface area contributed by atoms with Crippen molar-refractivity contribution in [3.63, 3.8) is 0 Å². The number of rotatable bonds is 4. The zero-order chi connectivity index (χ0) is 20.3. The molecule has 0 bridgehead atoms. The molecule has 0 radical (unpaired) electrons. The number of benzene rings is 1. The lowest BCUT2D eigenvalue weighted by Gasteiger charge is -2.40. The molecule has 1 aromatic carbocycles. The first-order valence-electron chi connectivity index (χ1n) is 10.2. The maximum Gasteiger partial charge on any atom is 0.194 e. The molecule has 1 aromatic rings. The van der Waals surface area contributed by atoms with Crippen molar-refractivity contribution in [2.75, 3.05) is 45.1 Å². The maximum atomic E-state index is 12.4. The largest absolute Gasteiger partial charge is 0.381 e. The second kappa shape index (κ2) is 8.41. The SMILES string of the molecule is CCNC(=NCC1(c2ccccc2)CCOCC1)N1CCS(=O)(=O)C(C)(C)C1. The quantitative estimate of drug-likeness (QED) is 0.612. The molecule has 2 aliphatic rings. The number of nitrogens with zero attached hydrogens (tertiary/aromatic N) is 2. The minimum absolute atomic E-state index is 0.0302. The number of hydrogen-bond acceptors (Lipinski definition) is 4. The van der Waals surface area contributed by atoms with Gasteiger partial charge in [-0.2, -0.15) is 0 Å². The van der Waals surface area contributed by atoms with E-state index in [1.54, 1.807) is 0 Å². The van der Waals surface area contributed by atoms with Crippen LogP contribution in [0.4, 0.5) is 0 Å². The predicted molar refractivity (Wildman–Crippen MR) is 114 cm³/mol. The molecule has 0 aromatic heterocycles. The van der Waals surface area contributed by atoms with Crippen LogP contribution in [-0.2, 0) is 20.0 Å². The average Bonchev–Trinajstić information content (AvgIpc) is 2.69. The Morgan fingerprint density at radius 2 is 1.89 bits per heavy atom. The van der Waals surface area contributed by atoms with Crippen molar-refractivity contribution < 1.29 is 13.2 Å². The fraction of sp³-hybridized carbons (Fsp3) is 0.667. The summed E-state index contributed by atoms with van der Waals surface area (Å²) in [4.78, 5) is 7.10. The van der Waals surface area contributed by atoms with Crippen LogP contribution in [-0.4, -0.2) is 69.2 Å². The number of aliphatic imine (C=N–C) groups is 1. The van der Waals surface area contributed by atoms with E-state index in [2.05, 4.69) is 34.5 Å². The zero-order valence-electron chi connectivity index (χ0n) is 17.3. The summed E-state index contributed by atoms with van der Waals surface area (Å²) in [5.74, 6) is 0.981. The van der Waals surface area contributed by atoms with E-state index in [0.29, 0.717) is 19.6 Å². The number of sulfone groups is 1. The van der Waals surface area contributed by atoms with Gasteiger partial charge < -0.3 is 15.0 Å². The minimum Gasteiger partial charge on any atom is -0.381 e. The first-order valence-corrected chi connectivity index (χ1v) is 11.8. The second-order valence-corrected chi connectivity index (χ2v) is 11.2. The standard InChI is InChI=1S/C21H33N3O3S/c1-4-22-19(24-12-15-28(25,26)20(2,3)17-24)23-16-21(10-13-27-14-11-21)18-8-6-5-7-9-18/h5-9H,4,10-17H2,1-3H3,(H,22,23). The van der Waals surface area contributed by atoms with Crippen molar-refractivity contribution in [1.82, 2.24) is 10.2 Å². The van der Waals surface area contributed by atoms with Gasteiger partial charge in [-0.25, -0.2) is 8.42 Å². The fourth-order valence-electron chi connectivity index (χ4n) is 4.07. The highest BCUT2D eigenvalue weighted by molar-refractivity contribution is 7.92. The normalized spacial score (nSPS) is 24.0. The van der Waals surface area contributed by atoms with Crippen LogP contribution < -0.4 is 5.32 Å². The van der Waals surface area contributed by atoms with E-state index < -0.39 is 14.6 Å². The Labute approximate surface area is 169 Å². The van der Waals surface area contributed by atoms with Gasteiger partial charge >= 0.3 is 0 Å². The maximum absolute atomic E-state index is 12.4. The van der Waals surface area contributed by atoms with Crippen LogP contribution in [0.2, 0.25) is 0 Å². The summed E-state index contributed by atoms with van der Waals surface area (Å²) in [6.45, 7) is 9.52. The molecule has 0 atom stereocenters. The van der Waals surface area contributed by atoms with Crippen molar-refractivity contribution >= 4 is 15.8 Å². The number of guanidine groups is 1. The van der Waals surface area contributed by atoms with E-state index in [0.717, 1.165) is 38.6 Å². The highest BCUT2D eigenvalue weighted by atomic mass is 32.2. The molecule has 28 heavy (non-hydrogen) atoms. The number of hydrogen-bond donors (Lipinski definition) is 1. The lowest BCUT2D eigenvalue weighted by molar-refractivity contribution is 0.0530. The Bertz CT molecular complexity index is 784. The molecular formula is C21H33N3O3S. The molecule has 2 aliphatic heterocycles. The summed E-state index contributed by atoms with van der Waals surface area (Å²) in [6.07, 6.45) is 1.89. The lowest BCUT2D eigenvalue weighted by Crippen LogP contribution is -2.57. The molecule has 2 fully saturated rings. The Hall–Kier alpha value is -1.60. The summed E-state index contributed by atoms with van der Waals surface area (Å²) < 4.78 is 29.6. The van der Waals surface area contributed by atoms with E-state index in [-0.39, 0.29) is 11.2 Å². The third kappa shape index (κ3) is 4.35. The molecule has 2 heterocycles. The van der Waals surface area contributed by atoms with Gasteiger partial charge in [-0.3, -0.25) is 4.99 Å². The molecule has 7 heteroatoms. The summed E-state index contributed by atoms with van der Waals surface area (Å²) in [5.41, 5.74) is 1.27. The van der Waals surface area contributed by atoms with Crippen LogP contribution in [0.5, 0.6) is 0 Å². The second-order valence-electron chi connectivity index (χ2n) is 8.43. The van der Waals surface area contributed by atoms with Gasteiger partial charge in [-0.15, -0.1) is 0 Å². The molecule has 0 aliphatic carbocycles. The topological polar surface area (TPSA) is 71.0 Å². The number of nitrogens with one attached hydrogen (secondary N) is 1. The zero-order valence-corrected chi connectivity index (χ0v) is 18.1. The average molecular weight is 408 g/mol. The van der Waals surface area contributed by atoms with Gasteiger partial charge in [0.1, 0.15) is 0 Å².